The first-order chi connectivity index (χ1) is 14.0. The van der Waals surface area contributed by atoms with Crippen molar-refractivity contribution in [3.63, 3.8) is 0 Å². The van der Waals surface area contributed by atoms with Crippen LogP contribution < -0.4 is 10.6 Å². The predicted octanol–water partition coefficient (Wildman–Crippen LogP) is 5.37. The minimum absolute atomic E-state index is 0.495. The Bertz CT molecular complexity index is 1100. The van der Waals surface area contributed by atoms with Crippen LogP contribution >= 0.6 is 0 Å². The molecule has 0 aliphatic carbocycles. The standard InChI is InChI=1S/C21H18F3N5/c22-21(23,24)15-5-7-16(8-6-15)29-20-11-19(27-13-28-20)25-10-9-14-12-26-18-4-2-1-3-17(14)18/h1-8,11-13,26H,9-10H2,(H2,25,27,28,29). The van der Waals surface area contributed by atoms with Crippen molar-refractivity contribution in [2.75, 3.05) is 17.2 Å². The molecule has 0 saturated heterocycles. The zero-order valence-corrected chi connectivity index (χ0v) is 15.3. The van der Waals surface area contributed by atoms with E-state index in [4.69, 9.17) is 0 Å². The second kappa shape index (κ2) is 7.83. The summed E-state index contributed by atoms with van der Waals surface area (Å²) < 4.78 is 38.0. The minimum Gasteiger partial charge on any atom is -0.370 e. The largest absolute Gasteiger partial charge is 0.416 e. The zero-order valence-electron chi connectivity index (χ0n) is 15.3. The molecule has 2 aromatic heterocycles. The molecule has 0 saturated carbocycles. The average molecular weight is 397 g/mol. The van der Waals surface area contributed by atoms with Gasteiger partial charge in [0.1, 0.15) is 18.0 Å². The number of aromatic nitrogens is 3. The molecule has 0 spiro atoms. The van der Waals surface area contributed by atoms with Crippen LogP contribution in [0.2, 0.25) is 0 Å². The van der Waals surface area contributed by atoms with Crippen molar-refractivity contribution in [2.24, 2.45) is 0 Å². The molecule has 0 bridgehead atoms. The highest BCUT2D eigenvalue weighted by Crippen LogP contribution is 2.30. The van der Waals surface area contributed by atoms with Gasteiger partial charge in [0.25, 0.3) is 0 Å². The SMILES string of the molecule is FC(F)(F)c1ccc(Nc2cc(NCCc3c[nH]c4ccccc34)ncn2)cc1. The Morgan fingerprint density at radius 3 is 2.48 bits per heavy atom. The fraction of sp³-hybridized carbons (Fsp3) is 0.143. The molecule has 148 valence electrons. The smallest absolute Gasteiger partial charge is 0.370 e. The van der Waals surface area contributed by atoms with Crippen molar-refractivity contribution in [3.8, 4) is 0 Å². The number of rotatable bonds is 6. The number of anilines is 3. The summed E-state index contributed by atoms with van der Waals surface area (Å²) in [6, 6.07) is 14.6. The number of para-hydroxylation sites is 1. The van der Waals surface area contributed by atoms with Crippen LogP contribution in [0.15, 0.2) is 67.1 Å². The minimum atomic E-state index is -4.35. The summed E-state index contributed by atoms with van der Waals surface area (Å²) in [6.07, 6.45) is -0.130. The number of alkyl halides is 3. The summed E-state index contributed by atoms with van der Waals surface area (Å²) in [7, 11) is 0. The lowest BCUT2D eigenvalue weighted by molar-refractivity contribution is -0.137. The van der Waals surface area contributed by atoms with Gasteiger partial charge in [-0.25, -0.2) is 9.97 Å². The Morgan fingerprint density at radius 2 is 1.69 bits per heavy atom. The number of fused-ring (bicyclic) bond motifs is 1. The number of halogens is 3. The third-order valence-electron chi connectivity index (χ3n) is 4.53. The van der Waals surface area contributed by atoms with Crippen LogP contribution in [0.1, 0.15) is 11.1 Å². The molecule has 4 aromatic rings. The van der Waals surface area contributed by atoms with Crippen LogP contribution in [0, 0.1) is 0 Å². The molecule has 5 nitrogen and oxygen atoms in total. The number of aromatic amines is 1. The quantitative estimate of drug-likeness (QED) is 0.409. The highest BCUT2D eigenvalue weighted by molar-refractivity contribution is 5.83. The topological polar surface area (TPSA) is 65.6 Å². The van der Waals surface area contributed by atoms with E-state index < -0.39 is 11.7 Å². The van der Waals surface area contributed by atoms with Gasteiger partial charge in [0.15, 0.2) is 0 Å². The molecule has 0 atom stereocenters. The predicted molar refractivity (Wildman–Crippen MR) is 107 cm³/mol. The van der Waals surface area contributed by atoms with Gasteiger partial charge in [-0.05, 0) is 42.3 Å². The summed E-state index contributed by atoms with van der Waals surface area (Å²) >= 11 is 0. The molecule has 0 unspecified atom stereocenters. The molecule has 0 radical (unpaired) electrons. The summed E-state index contributed by atoms with van der Waals surface area (Å²) in [5, 5.41) is 7.43. The van der Waals surface area contributed by atoms with E-state index in [-0.39, 0.29) is 0 Å². The first kappa shape index (κ1) is 18.8. The first-order valence-corrected chi connectivity index (χ1v) is 9.04. The first-order valence-electron chi connectivity index (χ1n) is 9.04. The molecule has 2 aromatic carbocycles. The van der Waals surface area contributed by atoms with Gasteiger partial charge in [0.05, 0.1) is 5.56 Å². The summed E-state index contributed by atoms with van der Waals surface area (Å²) in [4.78, 5) is 11.6. The molecule has 2 heterocycles. The van der Waals surface area contributed by atoms with Crippen LogP contribution in [0.5, 0.6) is 0 Å². The monoisotopic (exact) mass is 397 g/mol. The van der Waals surface area contributed by atoms with Crippen molar-refractivity contribution in [1.82, 2.24) is 15.0 Å². The van der Waals surface area contributed by atoms with Crippen molar-refractivity contribution in [2.45, 2.75) is 12.6 Å². The number of benzene rings is 2. The van der Waals surface area contributed by atoms with E-state index in [1.165, 1.54) is 29.4 Å². The normalized spacial score (nSPS) is 11.6. The molecule has 8 heteroatoms. The maximum absolute atomic E-state index is 12.7. The van der Waals surface area contributed by atoms with Gasteiger partial charge in [-0.15, -0.1) is 0 Å². The van der Waals surface area contributed by atoms with Crippen LogP contribution in [-0.4, -0.2) is 21.5 Å². The molecule has 29 heavy (non-hydrogen) atoms. The average Bonchev–Trinajstić information content (AvgIpc) is 3.11. The van der Waals surface area contributed by atoms with Crippen molar-refractivity contribution in [1.29, 1.82) is 0 Å². The highest BCUT2D eigenvalue weighted by atomic mass is 19.4. The lowest BCUT2D eigenvalue weighted by Crippen LogP contribution is -2.07. The Kier molecular flexibility index (Phi) is 5.07. The number of hydrogen-bond donors (Lipinski definition) is 3. The van der Waals surface area contributed by atoms with E-state index in [9.17, 15) is 13.2 Å². The maximum Gasteiger partial charge on any atom is 0.416 e. The third-order valence-corrected chi connectivity index (χ3v) is 4.53. The number of H-pyrrole nitrogens is 1. The fourth-order valence-electron chi connectivity index (χ4n) is 3.08. The Labute approximate surface area is 165 Å². The van der Waals surface area contributed by atoms with Crippen LogP contribution in [0.25, 0.3) is 10.9 Å². The van der Waals surface area contributed by atoms with E-state index in [0.717, 1.165) is 24.1 Å². The number of nitrogens with one attached hydrogen (secondary N) is 3. The second-order valence-electron chi connectivity index (χ2n) is 6.52. The zero-order chi connectivity index (χ0) is 20.3. The van der Waals surface area contributed by atoms with E-state index in [1.807, 2.05) is 24.4 Å². The van der Waals surface area contributed by atoms with Crippen molar-refractivity contribution >= 4 is 28.2 Å². The van der Waals surface area contributed by atoms with Crippen LogP contribution in [0.4, 0.5) is 30.5 Å². The number of nitrogens with zero attached hydrogens (tertiary/aromatic N) is 2. The van der Waals surface area contributed by atoms with Gasteiger partial charge >= 0.3 is 6.18 Å². The third kappa shape index (κ3) is 4.48. The lowest BCUT2D eigenvalue weighted by Gasteiger charge is -2.10. The maximum atomic E-state index is 12.7. The van der Waals surface area contributed by atoms with Crippen LogP contribution in [0.3, 0.4) is 0 Å². The van der Waals surface area contributed by atoms with E-state index in [2.05, 4.69) is 31.7 Å². The molecule has 3 N–H and O–H groups in total. The van der Waals surface area contributed by atoms with E-state index >= 15 is 0 Å². The molecule has 0 fully saturated rings. The van der Waals surface area contributed by atoms with Crippen molar-refractivity contribution < 1.29 is 13.2 Å². The van der Waals surface area contributed by atoms with Crippen LogP contribution in [-0.2, 0) is 12.6 Å². The van der Waals surface area contributed by atoms with Gasteiger partial charge in [-0.3, -0.25) is 0 Å². The molecular formula is C21H18F3N5. The summed E-state index contributed by atoms with van der Waals surface area (Å²) in [5.41, 5.74) is 2.14. The second-order valence-corrected chi connectivity index (χ2v) is 6.52. The molecule has 4 rings (SSSR count). The molecule has 0 aliphatic heterocycles. The van der Waals surface area contributed by atoms with E-state index in [1.54, 1.807) is 6.07 Å². The highest BCUT2D eigenvalue weighted by Gasteiger charge is 2.29. The van der Waals surface area contributed by atoms with Gasteiger partial charge in [0.2, 0.25) is 0 Å². The van der Waals surface area contributed by atoms with Gasteiger partial charge in [-0.2, -0.15) is 13.2 Å². The van der Waals surface area contributed by atoms with Crippen molar-refractivity contribution in [3.05, 3.63) is 78.2 Å². The number of hydrogen-bond acceptors (Lipinski definition) is 4. The lowest BCUT2D eigenvalue weighted by atomic mass is 10.1. The van der Waals surface area contributed by atoms with Gasteiger partial charge in [0, 0.05) is 35.4 Å². The fourth-order valence-corrected chi connectivity index (χ4v) is 3.08. The summed E-state index contributed by atoms with van der Waals surface area (Å²) in [6.45, 7) is 0.679. The molecule has 0 aliphatic rings. The summed E-state index contributed by atoms with van der Waals surface area (Å²) in [5.74, 6) is 1.13. The Hall–Kier alpha value is -3.55. The Balaban J connectivity index is 1.37. The Morgan fingerprint density at radius 1 is 0.931 bits per heavy atom. The van der Waals surface area contributed by atoms with Gasteiger partial charge in [-0.1, -0.05) is 18.2 Å². The molecule has 0 amide bonds. The van der Waals surface area contributed by atoms with Gasteiger partial charge < -0.3 is 15.6 Å². The molecular weight excluding hydrogens is 379 g/mol. The van der Waals surface area contributed by atoms with E-state index in [0.29, 0.717) is 23.9 Å².